The highest BCUT2D eigenvalue weighted by atomic mass is 16.4. The number of aldehydes is 1. The average Bonchev–Trinajstić information content (AvgIpc) is 2.76. The van der Waals surface area contributed by atoms with Crippen LogP contribution in [0.5, 0.6) is 0 Å². The predicted octanol–water partition coefficient (Wildman–Crippen LogP) is -0.659. The Morgan fingerprint density at radius 1 is 1.56 bits per heavy atom. The van der Waals surface area contributed by atoms with E-state index in [1.165, 1.54) is 11.0 Å². The molecule has 0 bridgehead atoms. The Bertz CT molecular complexity index is 421. The molecule has 1 aromatic heterocycles. The number of aliphatic imine (C=N–C) groups is 1. The van der Waals surface area contributed by atoms with E-state index in [1.807, 2.05) is 0 Å². The monoisotopic (exact) mass is 255 g/mol. The highest BCUT2D eigenvalue weighted by Gasteiger charge is 1.96. The number of carbonyl (C=O) groups excluding carboxylic acids is 1. The molecule has 8 heteroatoms. The second kappa shape index (κ2) is 7.85. The lowest BCUT2D eigenvalue weighted by atomic mass is 10.4. The number of hydrogen-bond donors (Lipinski definition) is 4. The summed E-state index contributed by atoms with van der Waals surface area (Å²) < 4.78 is 4.76. The lowest BCUT2D eigenvalue weighted by Crippen LogP contribution is -2.28. The lowest BCUT2D eigenvalue weighted by Gasteiger charge is -2.07. The van der Waals surface area contributed by atoms with Gasteiger partial charge in [0.1, 0.15) is 12.4 Å². The second-order valence-electron chi connectivity index (χ2n) is 3.33. The molecule has 0 aliphatic heterocycles. The Kier molecular flexibility index (Phi) is 6.82. The van der Waals surface area contributed by atoms with Crippen molar-refractivity contribution < 1.29 is 14.3 Å². The molecule has 6 N–H and O–H groups in total. The summed E-state index contributed by atoms with van der Waals surface area (Å²) >= 11 is 0. The van der Waals surface area contributed by atoms with Gasteiger partial charge >= 0.3 is 0 Å². The van der Waals surface area contributed by atoms with Crippen molar-refractivity contribution in [3.63, 3.8) is 0 Å². The van der Waals surface area contributed by atoms with Crippen LogP contribution >= 0.6 is 0 Å². The van der Waals surface area contributed by atoms with Gasteiger partial charge in [0.05, 0.1) is 0 Å². The first-order chi connectivity index (χ1) is 8.40. The van der Waals surface area contributed by atoms with E-state index in [4.69, 9.17) is 26.4 Å². The Labute approximate surface area is 104 Å². The third-order valence-electron chi connectivity index (χ3n) is 1.61. The van der Waals surface area contributed by atoms with E-state index in [0.29, 0.717) is 12.0 Å². The van der Waals surface area contributed by atoms with E-state index in [1.54, 1.807) is 20.2 Å². The average molecular weight is 255 g/mol. The van der Waals surface area contributed by atoms with Crippen molar-refractivity contribution in [2.24, 2.45) is 16.5 Å². The molecule has 1 aromatic rings. The summed E-state index contributed by atoms with van der Waals surface area (Å²) in [5, 5.41) is 15.5. The van der Waals surface area contributed by atoms with Gasteiger partial charge in [0.2, 0.25) is 5.96 Å². The number of nitrogens with two attached hydrogens (primary N) is 2. The standard InChI is InChI=1S/C6H6O3.C4H11N5/c7-3-5-1-2-6(4-8)9-5;1-9(2)4(7)8-3(5)6/h1-3,8H,4H2;1-2H3,(H5,5,6,7,8). The van der Waals surface area contributed by atoms with Crippen LogP contribution < -0.4 is 11.5 Å². The summed E-state index contributed by atoms with van der Waals surface area (Å²) in [6, 6.07) is 3.07. The van der Waals surface area contributed by atoms with Crippen LogP contribution in [-0.2, 0) is 6.61 Å². The van der Waals surface area contributed by atoms with Crippen LogP contribution in [0.2, 0.25) is 0 Å². The van der Waals surface area contributed by atoms with Gasteiger partial charge in [-0.05, 0) is 12.1 Å². The number of guanidine groups is 2. The maximum absolute atomic E-state index is 9.96. The lowest BCUT2D eigenvalue weighted by molar-refractivity contribution is 0.109. The fourth-order valence-electron chi connectivity index (χ4n) is 0.765. The van der Waals surface area contributed by atoms with Gasteiger partial charge in [-0.25, -0.2) is 0 Å². The Balaban J connectivity index is 0.000000321. The van der Waals surface area contributed by atoms with E-state index < -0.39 is 0 Å². The van der Waals surface area contributed by atoms with Crippen molar-refractivity contribution in [1.82, 2.24) is 4.90 Å². The molecule has 0 saturated heterocycles. The molecule has 0 unspecified atom stereocenters. The van der Waals surface area contributed by atoms with Crippen LogP contribution in [0.4, 0.5) is 0 Å². The van der Waals surface area contributed by atoms with Crippen LogP contribution in [0.15, 0.2) is 21.5 Å². The maximum atomic E-state index is 9.96. The molecule has 0 aliphatic rings. The molecule has 0 atom stereocenters. The highest BCUT2D eigenvalue weighted by molar-refractivity contribution is 5.91. The van der Waals surface area contributed by atoms with Gasteiger partial charge in [-0.2, -0.15) is 4.99 Å². The van der Waals surface area contributed by atoms with E-state index in [-0.39, 0.29) is 24.3 Å². The number of furan rings is 1. The zero-order valence-electron chi connectivity index (χ0n) is 10.3. The Hall–Kier alpha value is -2.35. The topological polar surface area (TPSA) is 142 Å². The smallest absolute Gasteiger partial charge is 0.220 e. The SMILES string of the molecule is CN(C)C(=N)N=C(N)N.O=Cc1ccc(CO)o1. The highest BCUT2D eigenvalue weighted by Crippen LogP contribution is 2.03. The summed E-state index contributed by atoms with van der Waals surface area (Å²) in [5.41, 5.74) is 9.98. The molecule has 8 nitrogen and oxygen atoms in total. The van der Waals surface area contributed by atoms with E-state index in [2.05, 4.69) is 4.99 Å². The molecule has 0 spiro atoms. The van der Waals surface area contributed by atoms with E-state index in [9.17, 15) is 4.79 Å². The van der Waals surface area contributed by atoms with Crippen LogP contribution in [-0.4, -0.2) is 42.3 Å². The Morgan fingerprint density at radius 3 is 2.39 bits per heavy atom. The molecule has 1 heterocycles. The second-order valence-corrected chi connectivity index (χ2v) is 3.33. The third kappa shape index (κ3) is 6.28. The zero-order valence-corrected chi connectivity index (χ0v) is 10.3. The summed E-state index contributed by atoms with van der Waals surface area (Å²) in [6.45, 7) is -0.159. The molecular formula is C10H17N5O3. The molecular weight excluding hydrogens is 238 g/mol. The van der Waals surface area contributed by atoms with Gasteiger partial charge < -0.3 is 25.9 Å². The first-order valence-electron chi connectivity index (χ1n) is 4.91. The van der Waals surface area contributed by atoms with Crippen molar-refractivity contribution in [2.45, 2.75) is 6.61 Å². The van der Waals surface area contributed by atoms with Crippen LogP contribution in [0.25, 0.3) is 0 Å². The number of hydrogen-bond acceptors (Lipinski definition) is 4. The maximum Gasteiger partial charge on any atom is 0.220 e. The molecule has 0 fully saturated rings. The summed E-state index contributed by atoms with van der Waals surface area (Å²) in [6.07, 6.45) is 0.596. The molecule has 0 saturated carbocycles. The van der Waals surface area contributed by atoms with Crippen LogP contribution in [0.3, 0.4) is 0 Å². The number of nitrogens with zero attached hydrogens (tertiary/aromatic N) is 2. The summed E-state index contributed by atoms with van der Waals surface area (Å²) in [5.74, 6) is 0.625. The van der Waals surface area contributed by atoms with Crippen LogP contribution in [0, 0.1) is 5.41 Å². The van der Waals surface area contributed by atoms with Gasteiger partial charge in [-0.1, -0.05) is 0 Å². The minimum Gasteiger partial charge on any atom is -0.456 e. The molecule has 0 amide bonds. The van der Waals surface area contributed by atoms with Crippen LogP contribution in [0.1, 0.15) is 16.3 Å². The van der Waals surface area contributed by atoms with Crippen molar-refractivity contribution in [3.05, 3.63) is 23.7 Å². The fraction of sp³-hybridized carbons (Fsp3) is 0.300. The fourth-order valence-corrected chi connectivity index (χ4v) is 0.765. The third-order valence-corrected chi connectivity index (χ3v) is 1.61. The molecule has 0 aromatic carbocycles. The molecule has 0 aliphatic carbocycles. The zero-order chi connectivity index (χ0) is 14.1. The van der Waals surface area contributed by atoms with E-state index in [0.717, 1.165) is 0 Å². The first-order valence-corrected chi connectivity index (χ1v) is 4.91. The van der Waals surface area contributed by atoms with Crippen molar-refractivity contribution in [1.29, 1.82) is 5.41 Å². The number of rotatable bonds is 2. The molecule has 1 rings (SSSR count). The molecule has 18 heavy (non-hydrogen) atoms. The van der Waals surface area contributed by atoms with Crippen molar-refractivity contribution in [2.75, 3.05) is 14.1 Å². The minimum atomic E-state index is -0.159. The minimum absolute atomic E-state index is 0.0509. The number of aliphatic hydroxyl groups is 1. The van der Waals surface area contributed by atoms with Gasteiger partial charge in [0, 0.05) is 14.1 Å². The number of nitrogens with one attached hydrogen (secondary N) is 1. The molecule has 0 radical (unpaired) electrons. The van der Waals surface area contributed by atoms with Gasteiger partial charge in [-0.3, -0.25) is 10.2 Å². The van der Waals surface area contributed by atoms with Gasteiger partial charge in [0.15, 0.2) is 18.0 Å². The van der Waals surface area contributed by atoms with Crippen molar-refractivity contribution in [3.8, 4) is 0 Å². The largest absolute Gasteiger partial charge is 0.456 e. The predicted molar refractivity (Wildman–Crippen MR) is 67.2 cm³/mol. The number of aliphatic hydroxyl groups excluding tert-OH is 1. The first kappa shape index (κ1) is 15.7. The number of carbonyl (C=O) groups is 1. The summed E-state index contributed by atoms with van der Waals surface area (Å²) in [7, 11) is 3.38. The van der Waals surface area contributed by atoms with Gasteiger partial charge in [-0.15, -0.1) is 0 Å². The normalized spacial score (nSPS) is 8.83. The van der Waals surface area contributed by atoms with E-state index >= 15 is 0 Å². The Morgan fingerprint density at radius 2 is 2.17 bits per heavy atom. The molecule has 100 valence electrons. The van der Waals surface area contributed by atoms with Crippen molar-refractivity contribution >= 4 is 18.2 Å². The quantitative estimate of drug-likeness (QED) is 0.314. The van der Waals surface area contributed by atoms with Gasteiger partial charge in [0.25, 0.3) is 0 Å². The summed E-state index contributed by atoms with van der Waals surface area (Å²) in [4.78, 5) is 14.9.